The number of phenolic OH excluding ortho intramolecular Hbond substituents is 12. The molecule has 6 aromatic carbocycles. The van der Waals surface area contributed by atoms with Crippen LogP contribution < -0.4 is 30.6 Å². The fourth-order valence-corrected chi connectivity index (χ4v) is 4.33. The number of aromatic carboxylic acids is 6. The van der Waals surface area contributed by atoms with E-state index >= 15 is 0 Å². The maximum Gasteiger partial charge on any atom is 3.00 e. The molecule has 0 atom stereocenters. The minimum absolute atomic E-state index is 0. The third-order valence-electron chi connectivity index (χ3n) is 7.78. The van der Waals surface area contributed by atoms with Crippen molar-refractivity contribution in [3.63, 3.8) is 0 Å². The zero-order valence-corrected chi connectivity index (χ0v) is 40.5. The van der Waals surface area contributed by atoms with Crippen molar-refractivity contribution in [2.45, 2.75) is 0 Å². The summed E-state index contributed by atoms with van der Waals surface area (Å²) in [6.07, 6.45) is 0. The summed E-state index contributed by atoms with van der Waals surface area (Å²) in [5.74, 6) is -23.0. The molecule has 386 valence electrons. The summed E-state index contributed by atoms with van der Waals surface area (Å²) in [5.41, 5.74) is -1.97. The first-order valence-electron chi connectivity index (χ1n) is 17.9. The molecule has 6 aromatic rings. The Morgan fingerprint density at radius 3 is 0.351 bits per heavy atom. The summed E-state index contributed by atoms with van der Waals surface area (Å²) < 4.78 is 0. The molecule has 0 heterocycles. The van der Waals surface area contributed by atoms with Gasteiger partial charge in [-0.15, -0.1) is 0 Å². The van der Waals surface area contributed by atoms with Gasteiger partial charge in [0.05, 0.1) is 33.4 Å². The van der Waals surface area contributed by atoms with Gasteiger partial charge in [0, 0.05) is 0 Å². The maximum atomic E-state index is 10.7. The number of phenols is 12. The summed E-state index contributed by atoms with van der Waals surface area (Å²) in [6.45, 7) is 0. The van der Waals surface area contributed by atoms with E-state index in [0.717, 1.165) is 72.8 Å². The number of benzene rings is 6. The first-order valence-corrected chi connectivity index (χ1v) is 17.9. The Balaban J connectivity index is 0. The SMILES string of the molecule is O=C(O)c1cc(O)c([O-])c(O)c1.O=C(O)c1cc(O)c([O-])c(O)c1.O=C(O)c1cc(O)c([O-])c(O)c1.O=C(O)c1cc(O)c([O-])c(O)c1.O=C(O)c1cc(O)c([O-])c(O)c1.O=C(O)c1cc(O)c([O-])c(O)c1.[Al+3].[Bi+3]. The molecule has 32 heteroatoms. The van der Waals surface area contributed by atoms with Gasteiger partial charge >= 0.3 is 79.4 Å². The van der Waals surface area contributed by atoms with E-state index in [0.29, 0.717) is 0 Å². The van der Waals surface area contributed by atoms with Gasteiger partial charge in [-0.3, -0.25) is 0 Å². The van der Waals surface area contributed by atoms with Crippen molar-refractivity contribution < 1.29 is 151 Å². The Hall–Kier alpha value is -10.0. The zero-order chi connectivity index (χ0) is 55.8. The Bertz CT molecular complexity index is 2380. The number of hydrogen-bond donors (Lipinski definition) is 18. The second kappa shape index (κ2) is 28.6. The van der Waals surface area contributed by atoms with E-state index in [1.807, 2.05) is 0 Å². The van der Waals surface area contributed by atoms with Gasteiger partial charge in [-0.2, -0.15) is 0 Å². The van der Waals surface area contributed by atoms with Crippen LogP contribution in [0.5, 0.6) is 103 Å². The molecule has 0 saturated heterocycles. The molecule has 0 fully saturated rings. The number of carbonyl (C=O) groups is 6. The van der Waals surface area contributed by atoms with Gasteiger partial charge in [0.15, 0.2) is 0 Å². The Morgan fingerprint density at radius 2 is 0.297 bits per heavy atom. The van der Waals surface area contributed by atoms with E-state index in [2.05, 4.69) is 0 Å². The average Bonchev–Trinajstić information content (AvgIpc) is 3.29. The quantitative estimate of drug-likeness (QED) is 0.0840. The minimum Gasteiger partial charge on any atom is -0.867 e. The monoisotopic (exact) mass is 1250 g/mol. The normalized spacial score (nSPS) is 9.41. The van der Waals surface area contributed by atoms with Gasteiger partial charge < -0.3 is 123 Å². The van der Waals surface area contributed by atoms with E-state index in [-0.39, 0.29) is 76.9 Å². The standard InChI is InChI=1S/6C7H6O5.Al.Bi/c6*8-4-1-3(7(11)12)2-5(9)6(4)10;;/h6*1-2,8-10H,(H,11,12);;/q;;;;;;2*+3/p-6. The average molecular weight is 1250 g/mol. The van der Waals surface area contributed by atoms with Crippen molar-refractivity contribution in [1.29, 1.82) is 0 Å². The smallest absolute Gasteiger partial charge is 0.867 e. The van der Waals surface area contributed by atoms with Crippen LogP contribution in [0.15, 0.2) is 72.8 Å². The van der Waals surface area contributed by atoms with E-state index in [1.54, 1.807) is 0 Å². The number of hydrogen-bond acceptors (Lipinski definition) is 24. The molecule has 74 heavy (non-hydrogen) atoms. The summed E-state index contributed by atoms with van der Waals surface area (Å²) >= 11 is 0. The molecule has 0 spiro atoms. The molecule has 0 bridgehead atoms. The Morgan fingerprint density at radius 1 is 0.230 bits per heavy atom. The van der Waals surface area contributed by atoms with Crippen LogP contribution in [0.3, 0.4) is 0 Å². The minimum atomic E-state index is -1.32. The van der Waals surface area contributed by atoms with Gasteiger partial charge in [0.2, 0.25) is 0 Å². The second-order valence-corrected chi connectivity index (χ2v) is 12.9. The van der Waals surface area contributed by atoms with Crippen LogP contribution in [0, 0.1) is 0 Å². The first kappa shape index (κ1) is 66.0. The summed E-state index contributed by atoms with van der Waals surface area (Å²) in [7, 11) is 0. The maximum absolute atomic E-state index is 10.7. The van der Waals surface area contributed by atoms with E-state index in [1.165, 1.54) is 0 Å². The number of carboxylic acids is 6. The second-order valence-electron chi connectivity index (χ2n) is 12.9. The van der Waals surface area contributed by atoms with Crippen LogP contribution in [-0.4, -0.2) is 171 Å². The van der Waals surface area contributed by atoms with Crippen LogP contribution in [0.2, 0.25) is 0 Å². The van der Waals surface area contributed by atoms with Crippen molar-refractivity contribution in [3.8, 4) is 103 Å². The van der Waals surface area contributed by atoms with Crippen LogP contribution in [0.4, 0.5) is 0 Å². The molecule has 0 aliphatic rings. The molecule has 0 amide bonds. The van der Waals surface area contributed by atoms with Crippen molar-refractivity contribution in [3.05, 3.63) is 106 Å². The van der Waals surface area contributed by atoms with Crippen LogP contribution in [-0.2, 0) is 0 Å². The number of rotatable bonds is 6. The van der Waals surface area contributed by atoms with E-state index in [9.17, 15) is 59.4 Å². The molecule has 18 N–H and O–H groups in total. The molecule has 0 aliphatic heterocycles. The number of aromatic hydroxyl groups is 12. The van der Waals surface area contributed by atoms with Gasteiger partial charge in [-0.05, 0) is 107 Å². The van der Waals surface area contributed by atoms with Gasteiger partial charge in [0.1, 0.15) is 69.0 Å². The predicted molar refractivity (Wildman–Crippen MR) is 229 cm³/mol. The Labute approximate surface area is 438 Å². The zero-order valence-electron chi connectivity index (χ0n) is 35.9. The van der Waals surface area contributed by atoms with Crippen molar-refractivity contribution in [2.75, 3.05) is 0 Å². The van der Waals surface area contributed by atoms with Gasteiger partial charge in [-0.25, -0.2) is 28.8 Å². The fourth-order valence-electron chi connectivity index (χ4n) is 4.33. The van der Waals surface area contributed by atoms with E-state index < -0.39 is 139 Å². The Kier molecular flexibility index (Phi) is 25.5. The molecule has 30 nitrogen and oxygen atoms in total. The molecule has 6 rings (SSSR count). The largest absolute Gasteiger partial charge is 3.00 e. The summed E-state index contributed by atoms with van der Waals surface area (Å²) in [4.78, 5) is 61.8. The topological polar surface area (TPSA) is 605 Å². The predicted octanol–water partition coefficient (Wildman–Crippen LogP) is -1.54. The summed E-state index contributed by atoms with van der Waals surface area (Å²) in [5, 5.41) is 220. The van der Waals surface area contributed by atoms with Crippen molar-refractivity contribution >= 4 is 79.4 Å². The molecule has 2 radical (unpaired) electrons. The summed E-state index contributed by atoms with van der Waals surface area (Å²) in [6, 6.07) is 9.39. The third kappa shape index (κ3) is 19.0. The third-order valence-corrected chi connectivity index (χ3v) is 7.78. The molecule has 0 aliphatic carbocycles. The van der Waals surface area contributed by atoms with Gasteiger partial charge in [0.25, 0.3) is 0 Å². The van der Waals surface area contributed by atoms with Crippen molar-refractivity contribution in [1.82, 2.24) is 0 Å². The van der Waals surface area contributed by atoms with Gasteiger partial charge in [-0.1, -0.05) is 0 Å². The molecular weight excluding hydrogens is 1220 g/mol. The molecule has 0 saturated carbocycles. The van der Waals surface area contributed by atoms with Crippen molar-refractivity contribution in [2.24, 2.45) is 0 Å². The van der Waals surface area contributed by atoms with Crippen LogP contribution >= 0.6 is 0 Å². The number of carboxylic acid groups (broad SMARTS) is 6. The first-order chi connectivity index (χ1) is 33.1. The molecule has 0 unspecified atom stereocenters. The van der Waals surface area contributed by atoms with E-state index in [4.69, 9.17) is 91.9 Å². The molecule has 0 aromatic heterocycles. The molecular formula is C42H30AlBiO30. The fraction of sp³-hybridized carbons (Fsp3) is 0. The van der Waals surface area contributed by atoms with Crippen LogP contribution in [0.1, 0.15) is 62.1 Å². The van der Waals surface area contributed by atoms with Crippen LogP contribution in [0.25, 0.3) is 0 Å².